The van der Waals surface area contributed by atoms with E-state index in [1.165, 1.54) is 17.8 Å². The van der Waals surface area contributed by atoms with E-state index >= 15 is 0 Å². The molecule has 1 aliphatic rings. The second-order valence-electron chi connectivity index (χ2n) is 3.83. The Morgan fingerprint density at radius 3 is 2.67 bits per heavy atom. The van der Waals surface area contributed by atoms with Crippen LogP contribution in [0.2, 0.25) is 0 Å². The van der Waals surface area contributed by atoms with Crippen molar-refractivity contribution in [1.82, 2.24) is 0 Å². The van der Waals surface area contributed by atoms with Crippen molar-refractivity contribution < 1.29 is 4.39 Å². The van der Waals surface area contributed by atoms with Gasteiger partial charge in [-0.2, -0.15) is 0 Å². The Morgan fingerprint density at radius 1 is 1.47 bits per heavy atom. The predicted molar refractivity (Wildman–Crippen MR) is 63.2 cm³/mol. The van der Waals surface area contributed by atoms with E-state index in [0.717, 1.165) is 11.6 Å². The normalized spacial score (nSPS) is 15.7. The van der Waals surface area contributed by atoms with E-state index in [-0.39, 0.29) is 11.7 Å². The van der Waals surface area contributed by atoms with Gasteiger partial charge in [0.1, 0.15) is 5.82 Å². The minimum Gasteiger partial charge on any atom is -0.311 e. The van der Waals surface area contributed by atoms with Gasteiger partial charge in [-0.15, -0.1) is 0 Å². The fourth-order valence-electron chi connectivity index (χ4n) is 1.71. The van der Waals surface area contributed by atoms with E-state index in [0.29, 0.717) is 10.7 Å². The Morgan fingerprint density at radius 2 is 2.20 bits per heavy atom. The van der Waals surface area contributed by atoms with E-state index in [2.05, 4.69) is 0 Å². The van der Waals surface area contributed by atoms with E-state index in [4.69, 9.17) is 5.41 Å². The summed E-state index contributed by atoms with van der Waals surface area (Å²) in [6.45, 7) is 3.94. The predicted octanol–water partition coefficient (Wildman–Crippen LogP) is 3.39. The Bertz CT molecular complexity index is 404. The van der Waals surface area contributed by atoms with Crippen molar-refractivity contribution in [1.29, 1.82) is 5.41 Å². The lowest BCUT2D eigenvalue weighted by atomic mass is 10.00. The molecule has 0 spiro atoms. The van der Waals surface area contributed by atoms with Crippen LogP contribution in [-0.4, -0.2) is 11.0 Å². The molecule has 1 aromatic carbocycles. The first-order valence-corrected chi connectivity index (χ1v) is 5.87. The average molecular weight is 224 g/mol. The number of nitrogens with one attached hydrogen (secondary N) is 1. The molecule has 1 aromatic rings. The summed E-state index contributed by atoms with van der Waals surface area (Å²) in [5.74, 6) is 0.717. The number of hydrogen-bond acceptors (Lipinski definition) is 2. The van der Waals surface area contributed by atoms with Crippen LogP contribution < -0.4 is 4.90 Å². The standard InChI is InChI=1S/C11H13FN2S/c1-7(2)10-8(12)4-3-5-9(10)14-6-15-11(14)13/h3-5,7,13H,6H2,1-2H3. The molecule has 0 unspecified atom stereocenters. The zero-order valence-electron chi connectivity index (χ0n) is 8.75. The molecule has 2 rings (SSSR count). The molecule has 0 bridgehead atoms. The lowest BCUT2D eigenvalue weighted by Gasteiger charge is -2.34. The van der Waals surface area contributed by atoms with Crippen molar-refractivity contribution in [2.75, 3.05) is 10.8 Å². The van der Waals surface area contributed by atoms with Gasteiger partial charge in [0.05, 0.1) is 11.6 Å². The minimum atomic E-state index is -0.174. The second kappa shape index (κ2) is 3.85. The number of hydrogen-bond donors (Lipinski definition) is 1. The SMILES string of the molecule is CC(C)c1c(F)cccc1N1CSC1=N. The number of amidine groups is 1. The molecule has 15 heavy (non-hydrogen) atoms. The number of halogens is 1. The molecule has 80 valence electrons. The van der Waals surface area contributed by atoms with Crippen LogP contribution in [-0.2, 0) is 0 Å². The van der Waals surface area contributed by atoms with Crippen LogP contribution in [0.15, 0.2) is 18.2 Å². The van der Waals surface area contributed by atoms with Crippen LogP contribution in [0.4, 0.5) is 10.1 Å². The quantitative estimate of drug-likeness (QED) is 0.833. The molecule has 1 saturated heterocycles. The van der Waals surface area contributed by atoms with Gasteiger partial charge in [0.15, 0.2) is 5.17 Å². The first-order chi connectivity index (χ1) is 7.11. The van der Waals surface area contributed by atoms with Gasteiger partial charge in [-0.25, -0.2) is 4.39 Å². The van der Waals surface area contributed by atoms with Gasteiger partial charge in [0, 0.05) is 5.56 Å². The summed E-state index contributed by atoms with van der Waals surface area (Å²) in [7, 11) is 0. The van der Waals surface area contributed by atoms with Crippen LogP contribution in [0.25, 0.3) is 0 Å². The molecule has 0 radical (unpaired) electrons. The number of thioether (sulfide) groups is 1. The number of anilines is 1. The van der Waals surface area contributed by atoms with E-state index < -0.39 is 0 Å². The van der Waals surface area contributed by atoms with Gasteiger partial charge >= 0.3 is 0 Å². The number of rotatable bonds is 2. The molecule has 0 amide bonds. The molecule has 1 aliphatic heterocycles. The van der Waals surface area contributed by atoms with Crippen molar-refractivity contribution in [3.05, 3.63) is 29.6 Å². The van der Waals surface area contributed by atoms with Crippen molar-refractivity contribution in [2.45, 2.75) is 19.8 Å². The Hall–Kier alpha value is -1.03. The maximum Gasteiger partial charge on any atom is 0.163 e. The summed E-state index contributed by atoms with van der Waals surface area (Å²) in [6, 6.07) is 5.06. The molecule has 4 heteroatoms. The van der Waals surface area contributed by atoms with Crippen LogP contribution >= 0.6 is 11.8 Å². The van der Waals surface area contributed by atoms with Crippen molar-refractivity contribution in [2.24, 2.45) is 0 Å². The third-order valence-electron chi connectivity index (χ3n) is 2.47. The molecule has 0 aromatic heterocycles. The van der Waals surface area contributed by atoms with Gasteiger partial charge in [-0.3, -0.25) is 5.41 Å². The highest BCUT2D eigenvalue weighted by Gasteiger charge is 2.26. The number of nitrogens with zero attached hydrogens (tertiary/aromatic N) is 1. The van der Waals surface area contributed by atoms with Crippen molar-refractivity contribution in [3.8, 4) is 0 Å². The first kappa shape index (κ1) is 10.5. The summed E-state index contributed by atoms with van der Waals surface area (Å²) in [4.78, 5) is 1.84. The minimum absolute atomic E-state index is 0.139. The van der Waals surface area contributed by atoms with Crippen LogP contribution in [0.1, 0.15) is 25.3 Å². The smallest absolute Gasteiger partial charge is 0.163 e. The average Bonchev–Trinajstić information content (AvgIpc) is 2.15. The molecule has 1 N–H and O–H groups in total. The Labute approximate surface area is 93.0 Å². The van der Waals surface area contributed by atoms with Crippen LogP contribution in [0, 0.1) is 11.2 Å². The van der Waals surface area contributed by atoms with Gasteiger partial charge in [0.2, 0.25) is 0 Å². The molecule has 1 heterocycles. The highest BCUT2D eigenvalue weighted by atomic mass is 32.2. The third kappa shape index (κ3) is 1.74. The van der Waals surface area contributed by atoms with Gasteiger partial charge < -0.3 is 4.90 Å². The van der Waals surface area contributed by atoms with Gasteiger partial charge in [-0.1, -0.05) is 31.7 Å². The molecular formula is C11H13FN2S. The van der Waals surface area contributed by atoms with Crippen molar-refractivity contribution in [3.63, 3.8) is 0 Å². The first-order valence-electron chi connectivity index (χ1n) is 4.88. The largest absolute Gasteiger partial charge is 0.311 e. The zero-order valence-corrected chi connectivity index (χ0v) is 9.57. The molecule has 0 aliphatic carbocycles. The number of benzene rings is 1. The zero-order chi connectivity index (χ0) is 11.0. The van der Waals surface area contributed by atoms with Crippen LogP contribution in [0.5, 0.6) is 0 Å². The monoisotopic (exact) mass is 224 g/mol. The fraction of sp³-hybridized carbons (Fsp3) is 0.364. The molecular weight excluding hydrogens is 211 g/mol. The molecule has 2 nitrogen and oxygen atoms in total. The molecule has 0 atom stereocenters. The second-order valence-corrected chi connectivity index (χ2v) is 4.77. The summed E-state index contributed by atoms with van der Waals surface area (Å²) in [5, 5.41) is 8.10. The Balaban J connectivity index is 2.46. The molecule has 1 fully saturated rings. The Kier molecular flexibility index (Phi) is 2.69. The van der Waals surface area contributed by atoms with E-state index in [1.54, 1.807) is 6.07 Å². The highest BCUT2D eigenvalue weighted by molar-refractivity contribution is 8.16. The summed E-state index contributed by atoms with van der Waals surface area (Å²) < 4.78 is 13.6. The van der Waals surface area contributed by atoms with Gasteiger partial charge in [-0.05, 0) is 18.1 Å². The lowest BCUT2D eigenvalue weighted by molar-refractivity contribution is 0.598. The van der Waals surface area contributed by atoms with Gasteiger partial charge in [0.25, 0.3) is 0 Å². The fourth-order valence-corrected chi connectivity index (χ4v) is 2.33. The molecule has 0 saturated carbocycles. The van der Waals surface area contributed by atoms with E-state index in [9.17, 15) is 4.39 Å². The van der Waals surface area contributed by atoms with E-state index in [1.807, 2.05) is 24.8 Å². The third-order valence-corrected chi connectivity index (χ3v) is 3.35. The summed E-state index contributed by atoms with van der Waals surface area (Å²) in [5.41, 5.74) is 1.55. The lowest BCUT2D eigenvalue weighted by Crippen LogP contribution is -2.38. The van der Waals surface area contributed by atoms with Crippen LogP contribution in [0.3, 0.4) is 0 Å². The maximum absolute atomic E-state index is 13.6. The van der Waals surface area contributed by atoms with Crippen molar-refractivity contribution >= 4 is 22.6 Å². The highest BCUT2D eigenvalue weighted by Crippen LogP contribution is 2.36. The summed E-state index contributed by atoms with van der Waals surface area (Å²) in [6.07, 6.45) is 0. The summed E-state index contributed by atoms with van der Waals surface area (Å²) >= 11 is 1.48. The maximum atomic E-state index is 13.6. The topological polar surface area (TPSA) is 27.1 Å².